The van der Waals surface area contributed by atoms with Crippen LogP contribution >= 0.6 is 0 Å². The van der Waals surface area contributed by atoms with E-state index in [0.717, 1.165) is 6.07 Å². The molecule has 0 heterocycles. The number of hydrogen-bond donors (Lipinski definition) is 3. The first-order valence-electron chi connectivity index (χ1n) is 6.84. The normalized spacial score (nSPS) is 12.2. The van der Waals surface area contributed by atoms with Crippen molar-refractivity contribution in [3.8, 4) is 0 Å². The molecule has 0 saturated carbocycles. The minimum absolute atomic E-state index is 0.0168. The van der Waals surface area contributed by atoms with Crippen molar-refractivity contribution >= 4 is 17.6 Å². The Morgan fingerprint density at radius 3 is 2.62 bits per heavy atom. The zero-order valence-electron chi connectivity index (χ0n) is 12.2. The van der Waals surface area contributed by atoms with Gasteiger partial charge in [0, 0.05) is 18.7 Å². The van der Waals surface area contributed by atoms with E-state index < -0.39 is 17.7 Å². The van der Waals surface area contributed by atoms with Gasteiger partial charge in [0.25, 0.3) is 5.91 Å². The van der Waals surface area contributed by atoms with Gasteiger partial charge >= 0.3 is 5.97 Å². The van der Waals surface area contributed by atoms with Gasteiger partial charge in [0.15, 0.2) is 0 Å². The van der Waals surface area contributed by atoms with Crippen molar-refractivity contribution < 1.29 is 19.1 Å². The van der Waals surface area contributed by atoms with E-state index >= 15 is 0 Å². The van der Waals surface area contributed by atoms with Crippen LogP contribution in [0.25, 0.3) is 0 Å². The van der Waals surface area contributed by atoms with Crippen molar-refractivity contribution in [1.82, 2.24) is 5.32 Å². The van der Waals surface area contributed by atoms with Crippen molar-refractivity contribution in [2.45, 2.75) is 26.7 Å². The molecule has 6 heteroatoms. The molecule has 116 valence electrons. The highest BCUT2D eigenvalue weighted by Gasteiger charge is 2.17. The second kappa shape index (κ2) is 7.61. The number of amides is 1. The summed E-state index contributed by atoms with van der Waals surface area (Å²) in [6.45, 7) is 4.20. The van der Waals surface area contributed by atoms with Crippen LogP contribution < -0.4 is 11.1 Å². The van der Waals surface area contributed by atoms with Gasteiger partial charge in [-0.3, -0.25) is 9.59 Å². The number of carboxylic acids is 1. The summed E-state index contributed by atoms with van der Waals surface area (Å²) >= 11 is 0. The monoisotopic (exact) mass is 296 g/mol. The van der Waals surface area contributed by atoms with Crippen LogP contribution in [0.15, 0.2) is 18.2 Å². The Balaban J connectivity index is 2.68. The van der Waals surface area contributed by atoms with Gasteiger partial charge in [-0.05, 0) is 36.5 Å². The third-order valence-corrected chi connectivity index (χ3v) is 3.08. The highest BCUT2D eigenvalue weighted by atomic mass is 19.1. The van der Waals surface area contributed by atoms with E-state index in [4.69, 9.17) is 10.8 Å². The average molecular weight is 296 g/mol. The first-order chi connectivity index (χ1) is 9.79. The van der Waals surface area contributed by atoms with E-state index in [1.807, 2.05) is 13.8 Å². The Hall–Kier alpha value is -2.11. The van der Waals surface area contributed by atoms with Crippen LogP contribution in [0.3, 0.4) is 0 Å². The number of nitrogens with two attached hydrogens (primary N) is 1. The highest BCUT2D eigenvalue weighted by Crippen LogP contribution is 2.16. The molecule has 1 aromatic carbocycles. The first-order valence-corrected chi connectivity index (χ1v) is 6.84. The molecule has 1 atom stereocenters. The smallest absolute Gasteiger partial charge is 0.303 e. The number of carboxylic acid groups (broad SMARTS) is 1. The molecule has 1 rings (SSSR count). The Morgan fingerprint density at radius 1 is 1.38 bits per heavy atom. The van der Waals surface area contributed by atoms with E-state index in [-0.39, 0.29) is 30.1 Å². The lowest BCUT2D eigenvalue weighted by Crippen LogP contribution is -2.31. The number of benzene rings is 1. The Kier molecular flexibility index (Phi) is 6.14. The quantitative estimate of drug-likeness (QED) is 0.673. The molecule has 0 aromatic heterocycles. The third kappa shape index (κ3) is 5.81. The van der Waals surface area contributed by atoms with E-state index in [0.29, 0.717) is 12.3 Å². The van der Waals surface area contributed by atoms with E-state index in [1.165, 1.54) is 12.1 Å². The van der Waals surface area contributed by atoms with Crippen molar-refractivity contribution in [2.75, 3.05) is 12.3 Å². The average Bonchev–Trinajstić information content (AvgIpc) is 2.37. The largest absolute Gasteiger partial charge is 0.481 e. The van der Waals surface area contributed by atoms with Crippen LogP contribution in [0.5, 0.6) is 0 Å². The van der Waals surface area contributed by atoms with Gasteiger partial charge < -0.3 is 16.2 Å². The lowest BCUT2D eigenvalue weighted by Gasteiger charge is -2.18. The fraction of sp³-hybridized carbons (Fsp3) is 0.467. The van der Waals surface area contributed by atoms with Crippen molar-refractivity contribution in [2.24, 2.45) is 11.8 Å². The van der Waals surface area contributed by atoms with Crippen molar-refractivity contribution in [1.29, 1.82) is 0 Å². The summed E-state index contributed by atoms with van der Waals surface area (Å²) in [6.07, 6.45) is 0.669. The predicted octanol–water partition coefficient (Wildman–Crippen LogP) is 2.27. The second-order valence-electron chi connectivity index (χ2n) is 5.54. The predicted molar refractivity (Wildman–Crippen MR) is 78.3 cm³/mol. The van der Waals surface area contributed by atoms with Gasteiger partial charge in [0.05, 0.1) is 5.56 Å². The number of carbonyl (C=O) groups is 2. The molecule has 4 N–H and O–H groups in total. The van der Waals surface area contributed by atoms with E-state index in [1.54, 1.807) is 0 Å². The molecule has 0 unspecified atom stereocenters. The molecule has 0 fully saturated rings. The molecule has 0 bridgehead atoms. The van der Waals surface area contributed by atoms with Gasteiger partial charge in [-0.15, -0.1) is 0 Å². The van der Waals surface area contributed by atoms with E-state index in [2.05, 4.69) is 5.32 Å². The van der Waals surface area contributed by atoms with Gasteiger partial charge in [-0.25, -0.2) is 4.39 Å². The van der Waals surface area contributed by atoms with Crippen LogP contribution in [0, 0.1) is 17.7 Å². The summed E-state index contributed by atoms with van der Waals surface area (Å²) in [6, 6.07) is 3.57. The maximum absolute atomic E-state index is 13.1. The van der Waals surface area contributed by atoms with E-state index in [9.17, 15) is 14.0 Å². The maximum atomic E-state index is 13.1. The number of nitrogen functional groups attached to an aromatic ring is 1. The summed E-state index contributed by atoms with van der Waals surface area (Å²) in [5.41, 5.74) is 5.89. The maximum Gasteiger partial charge on any atom is 0.303 e. The molecule has 21 heavy (non-hydrogen) atoms. The number of carbonyl (C=O) groups excluding carboxylic acids is 1. The Labute approximate surface area is 123 Å². The lowest BCUT2D eigenvalue weighted by molar-refractivity contribution is -0.138. The number of rotatable bonds is 7. The molecular weight excluding hydrogens is 275 g/mol. The Morgan fingerprint density at radius 2 is 2.05 bits per heavy atom. The molecule has 1 amide bonds. The van der Waals surface area contributed by atoms with Crippen LogP contribution in [-0.4, -0.2) is 23.5 Å². The van der Waals surface area contributed by atoms with Gasteiger partial charge in [0.1, 0.15) is 5.82 Å². The summed E-state index contributed by atoms with van der Waals surface area (Å²) in [5.74, 6) is -1.78. The molecule has 0 saturated heterocycles. The van der Waals surface area contributed by atoms with Crippen LogP contribution in [0.4, 0.5) is 10.1 Å². The highest BCUT2D eigenvalue weighted by molar-refractivity contribution is 5.99. The zero-order valence-corrected chi connectivity index (χ0v) is 12.2. The van der Waals surface area contributed by atoms with Gasteiger partial charge in [-0.1, -0.05) is 13.8 Å². The summed E-state index contributed by atoms with van der Waals surface area (Å²) in [7, 11) is 0. The van der Waals surface area contributed by atoms with Gasteiger partial charge in [-0.2, -0.15) is 0 Å². The molecule has 0 spiro atoms. The summed E-state index contributed by atoms with van der Waals surface area (Å²) in [4.78, 5) is 22.8. The number of halogens is 1. The lowest BCUT2D eigenvalue weighted by atomic mass is 9.94. The van der Waals surface area contributed by atoms with Crippen molar-refractivity contribution in [3.63, 3.8) is 0 Å². The molecular formula is C15H21FN2O3. The standard InChI is InChI=1S/C15H21FN2O3/c1-9(2)5-10(6-14(19)20)8-18-15(21)12-7-11(16)3-4-13(12)17/h3-4,7,9-10H,5-6,8,17H2,1-2H3,(H,18,21)(H,19,20)/t10-/m0/s1. The SMILES string of the molecule is CC(C)C[C@H](CNC(=O)c1cc(F)ccc1N)CC(=O)O. The minimum Gasteiger partial charge on any atom is -0.481 e. The van der Waals surface area contributed by atoms with Crippen molar-refractivity contribution in [3.05, 3.63) is 29.6 Å². The molecule has 0 aliphatic carbocycles. The number of nitrogens with one attached hydrogen (secondary N) is 1. The summed E-state index contributed by atoms with van der Waals surface area (Å²) < 4.78 is 13.1. The summed E-state index contributed by atoms with van der Waals surface area (Å²) in [5, 5.41) is 11.5. The number of aliphatic carboxylic acids is 1. The molecule has 0 aliphatic rings. The van der Waals surface area contributed by atoms with Crippen LogP contribution in [0.1, 0.15) is 37.0 Å². The first kappa shape index (κ1) is 16.9. The van der Waals surface area contributed by atoms with Gasteiger partial charge in [0.2, 0.25) is 0 Å². The number of anilines is 1. The van der Waals surface area contributed by atoms with Crippen LogP contribution in [-0.2, 0) is 4.79 Å². The fourth-order valence-corrected chi connectivity index (χ4v) is 2.21. The minimum atomic E-state index is -0.903. The number of hydrogen-bond acceptors (Lipinski definition) is 3. The zero-order chi connectivity index (χ0) is 16.0. The molecule has 0 aliphatic heterocycles. The third-order valence-electron chi connectivity index (χ3n) is 3.08. The fourth-order valence-electron chi connectivity index (χ4n) is 2.21. The molecule has 1 aromatic rings. The molecule has 0 radical (unpaired) electrons. The second-order valence-corrected chi connectivity index (χ2v) is 5.54. The van der Waals surface area contributed by atoms with Crippen LogP contribution in [0.2, 0.25) is 0 Å². The topological polar surface area (TPSA) is 92.4 Å². The molecule has 5 nitrogen and oxygen atoms in total. The Bertz CT molecular complexity index is 518.